The number of nitriles is 1. The molecule has 2 nitrogen and oxygen atoms in total. The summed E-state index contributed by atoms with van der Waals surface area (Å²) < 4.78 is 0. The van der Waals surface area contributed by atoms with Gasteiger partial charge in [-0.05, 0) is 43.4 Å². The molecule has 1 aliphatic rings. The van der Waals surface area contributed by atoms with Crippen molar-refractivity contribution in [3.8, 4) is 6.07 Å². The number of anilines is 1. The first kappa shape index (κ1) is 12.0. The molecule has 0 radical (unpaired) electrons. The van der Waals surface area contributed by atoms with Gasteiger partial charge in [-0.15, -0.1) is 0 Å². The number of hydrogen-bond acceptors (Lipinski definition) is 2. The molecule has 1 unspecified atom stereocenters. The van der Waals surface area contributed by atoms with Crippen molar-refractivity contribution >= 4 is 5.69 Å². The zero-order valence-corrected chi connectivity index (χ0v) is 10.7. The van der Waals surface area contributed by atoms with Gasteiger partial charge in [-0.1, -0.05) is 25.8 Å². The molecular weight excluding hydrogens is 208 g/mol. The van der Waals surface area contributed by atoms with Crippen LogP contribution in [-0.4, -0.2) is 6.04 Å². The molecule has 90 valence electrons. The summed E-state index contributed by atoms with van der Waals surface area (Å²) in [6.07, 6.45) is 5.14. The van der Waals surface area contributed by atoms with Gasteiger partial charge in [0.05, 0.1) is 11.3 Å². The van der Waals surface area contributed by atoms with Gasteiger partial charge in [0.25, 0.3) is 0 Å². The molecule has 0 saturated heterocycles. The predicted octanol–water partition coefficient (Wildman–Crippen LogP) is 3.86. The summed E-state index contributed by atoms with van der Waals surface area (Å²) in [4.78, 5) is 0. The minimum atomic E-state index is 0.511. The van der Waals surface area contributed by atoms with E-state index in [0.29, 0.717) is 6.04 Å². The van der Waals surface area contributed by atoms with E-state index in [1.807, 2.05) is 12.1 Å². The number of rotatable bonds is 5. The van der Waals surface area contributed by atoms with Gasteiger partial charge in [0.15, 0.2) is 0 Å². The Kier molecular flexibility index (Phi) is 3.68. The molecule has 0 heterocycles. The lowest BCUT2D eigenvalue weighted by Gasteiger charge is -2.19. The van der Waals surface area contributed by atoms with E-state index >= 15 is 0 Å². The van der Waals surface area contributed by atoms with Crippen LogP contribution in [0.15, 0.2) is 18.2 Å². The monoisotopic (exact) mass is 228 g/mol. The van der Waals surface area contributed by atoms with Crippen molar-refractivity contribution < 1.29 is 0 Å². The lowest BCUT2D eigenvalue weighted by atomic mass is 10.1. The summed E-state index contributed by atoms with van der Waals surface area (Å²) in [6, 6.07) is 8.74. The van der Waals surface area contributed by atoms with Gasteiger partial charge in [0.1, 0.15) is 6.07 Å². The Bertz CT molecular complexity index is 427. The van der Waals surface area contributed by atoms with E-state index in [4.69, 9.17) is 5.26 Å². The largest absolute Gasteiger partial charge is 0.381 e. The minimum Gasteiger partial charge on any atom is -0.381 e. The Morgan fingerprint density at radius 3 is 2.82 bits per heavy atom. The lowest BCUT2D eigenvalue weighted by molar-refractivity contribution is 0.587. The highest BCUT2D eigenvalue weighted by atomic mass is 14.9. The van der Waals surface area contributed by atoms with Crippen LogP contribution in [0, 0.1) is 24.2 Å². The SMILES string of the molecule is CCC(CC1CC1)Nc1cc(C)ccc1C#N. The van der Waals surface area contributed by atoms with Crippen LogP contribution in [0.5, 0.6) is 0 Å². The second kappa shape index (κ2) is 5.23. The van der Waals surface area contributed by atoms with Crippen LogP contribution in [0.2, 0.25) is 0 Å². The van der Waals surface area contributed by atoms with E-state index < -0.39 is 0 Å². The topological polar surface area (TPSA) is 35.8 Å². The first-order valence-electron chi connectivity index (χ1n) is 6.50. The fourth-order valence-corrected chi connectivity index (χ4v) is 2.18. The number of nitrogens with zero attached hydrogens (tertiary/aromatic N) is 1. The molecule has 2 rings (SSSR count). The molecule has 0 spiro atoms. The number of hydrogen-bond donors (Lipinski definition) is 1. The summed E-state index contributed by atoms with van der Waals surface area (Å²) in [5, 5.41) is 12.6. The molecule has 17 heavy (non-hydrogen) atoms. The van der Waals surface area contributed by atoms with Crippen molar-refractivity contribution in [2.24, 2.45) is 5.92 Å². The van der Waals surface area contributed by atoms with Gasteiger partial charge >= 0.3 is 0 Å². The number of benzene rings is 1. The first-order chi connectivity index (χ1) is 8.22. The molecule has 1 fully saturated rings. The molecular formula is C15H20N2. The number of nitrogens with one attached hydrogen (secondary N) is 1. The van der Waals surface area contributed by atoms with Gasteiger partial charge in [-0.2, -0.15) is 5.26 Å². The summed E-state index contributed by atoms with van der Waals surface area (Å²) in [5.74, 6) is 0.919. The van der Waals surface area contributed by atoms with Crippen LogP contribution in [-0.2, 0) is 0 Å². The van der Waals surface area contributed by atoms with Crippen LogP contribution in [0.1, 0.15) is 43.7 Å². The van der Waals surface area contributed by atoms with E-state index in [-0.39, 0.29) is 0 Å². The average molecular weight is 228 g/mol. The minimum absolute atomic E-state index is 0.511. The molecule has 2 heteroatoms. The molecule has 1 atom stereocenters. The molecule has 1 aromatic rings. The Hall–Kier alpha value is -1.49. The molecule has 1 saturated carbocycles. The van der Waals surface area contributed by atoms with E-state index in [1.54, 1.807) is 0 Å². The highest BCUT2D eigenvalue weighted by molar-refractivity contribution is 5.59. The Morgan fingerprint density at radius 2 is 2.24 bits per heavy atom. The van der Waals surface area contributed by atoms with Crippen LogP contribution in [0.3, 0.4) is 0 Å². The Morgan fingerprint density at radius 1 is 1.47 bits per heavy atom. The summed E-state index contributed by atoms with van der Waals surface area (Å²) in [5.41, 5.74) is 2.96. The van der Waals surface area contributed by atoms with Crippen molar-refractivity contribution in [2.45, 2.75) is 45.6 Å². The summed E-state index contributed by atoms with van der Waals surface area (Å²) in [7, 11) is 0. The number of aryl methyl sites for hydroxylation is 1. The maximum absolute atomic E-state index is 9.10. The summed E-state index contributed by atoms with van der Waals surface area (Å²) >= 11 is 0. The van der Waals surface area contributed by atoms with Crippen molar-refractivity contribution in [3.05, 3.63) is 29.3 Å². The maximum atomic E-state index is 9.10. The molecule has 0 aliphatic heterocycles. The highest BCUT2D eigenvalue weighted by Crippen LogP contribution is 2.35. The third-order valence-corrected chi connectivity index (χ3v) is 3.46. The van der Waals surface area contributed by atoms with Crippen LogP contribution < -0.4 is 5.32 Å². The van der Waals surface area contributed by atoms with Crippen LogP contribution in [0.25, 0.3) is 0 Å². The van der Waals surface area contributed by atoms with Crippen LogP contribution in [0.4, 0.5) is 5.69 Å². The second-order valence-electron chi connectivity index (χ2n) is 5.09. The van der Waals surface area contributed by atoms with E-state index in [2.05, 4.69) is 31.3 Å². The third-order valence-electron chi connectivity index (χ3n) is 3.46. The van der Waals surface area contributed by atoms with Gasteiger partial charge in [0.2, 0.25) is 0 Å². The van der Waals surface area contributed by atoms with Gasteiger partial charge in [-0.3, -0.25) is 0 Å². The molecule has 0 bridgehead atoms. The highest BCUT2D eigenvalue weighted by Gasteiger charge is 2.24. The zero-order valence-electron chi connectivity index (χ0n) is 10.7. The van der Waals surface area contributed by atoms with Gasteiger partial charge in [-0.25, -0.2) is 0 Å². The van der Waals surface area contributed by atoms with Crippen molar-refractivity contribution in [1.29, 1.82) is 5.26 Å². The lowest BCUT2D eigenvalue weighted by Crippen LogP contribution is -2.19. The van der Waals surface area contributed by atoms with Gasteiger partial charge in [0, 0.05) is 6.04 Å². The average Bonchev–Trinajstić information content (AvgIpc) is 3.12. The van der Waals surface area contributed by atoms with E-state index in [1.165, 1.54) is 24.8 Å². The second-order valence-corrected chi connectivity index (χ2v) is 5.09. The quantitative estimate of drug-likeness (QED) is 0.830. The fraction of sp³-hybridized carbons (Fsp3) is 0.533. The Balaban J connectivity index is 2.09. The smallest absolute Gasteiger partial charge is 0.101 e. The van der Waals surface area contributed by atoms with Crippen molar-refractivity contribution in [3.63, 3.8) is 0 Å². The summed E-state index contributed by atoms with van der Waals surface area (Å²) in [6.45, 7) is 4.27. The standard InChI is InChI=1S/C15H20N2/c1-3-14(9-12-5-6-12)17-15-8-11(2)4-7-13(15)10-16/h4,7-8,12,14,17H,3,5-6,9H2,1-2H3. The van der Waals surface area contributed by atoms with E-state index in [0.717, 1.165) is 23.6 Å². The Labute approximate surface area is 104 Å². The van der Waals surface area contributed by atoms with Crippen molar-refractivity contribution in [2.75, 3.05) is 5.32 Å². The fourth-order valence-electron chi connectivity index (χ4n) is 2.18. The predicted molar refractivity (Wildman–Crippen MR) is 70.9 cm³/mol. The zero-order chi connectivity index (χ0) is 12.3. The van der Waals surface area contributed by atoms with Crippen LogP contribution >= 0.6 is 0 Å². The molecule has 1 aromatic carbocycles. The maximum Gasteiger partial charge on any atom is 0.101 e. The molecule has 1 N–H and O–H groups in total. The molecule has 0 aromatic heterocycles. The normalized spacial score (nSPS) is 16.3. The van der Waals surface area contributed by atoms with E-state index in [9.17, 15) is 0 Å². The molecule has 0 amide bonds. The molecule has 1 aliphatic carbocycles. The van der Waals surface area contributed by atoms with Gasteiger partial charge < -0.3 is 5.32 Å². The first-order valence-corrected chi connectivity index (χ1v) is 6.50. The van der Waals surface area contributed by atoms with Crippen molar-refractivity contribution in [1.82, 2.24) is 0 Å². The third kappa shape index (κ3) is 3.23.